The van der Waals surface area contributed by atoms with Crippen molar-refractivity contribution in [1.29, 1.82) is 0 Å². The standard InChI is InChI=1S/C24H28F3N5O2/c1-14-7-9-30(12-14)22-15(2)13-32-20(28-22)11-18(29-32)19-6-4-5-8-31(19)23(33)17-10-16(3)34-21(17)24(25,26)27/h10-11,13-14,19H,4-9,12H2,1-3H3/t14-,19-/m0/s1. The Kier molecular flexibility index (Phi) is 5.56. The van der Waals surface area contributed by atoms with Crippen molar-refractivity contribution in [1.82, 2.24) is 19.5 Å². The highest BCUT2D eigenvalue weighted by molar-refractivity contribution is 5.96. The van der Waals surface area contributed by atoms with Gasteiger partial charge in [0.05, 0.1) is 17.3 Å². The molecule has 5 rings (SSSR count). The minimum absolute atomic E-state index is 0.0559. The zero-order valence-electron chi connectivity index (χ0n) is 19.5. The molecule has 0 unspecified atom stereocenters. The molecule has 2 aliphatic heterocycles. The van der Waals surface area contributed by atoms with Gasteiger partial charge in [-0.25, -0.2) is 9.50 Å². The fourth-order valence-electron chi connectivity index (χ4n) is 5.15. The Morgan fingerprint density at radius 1 is 1.15 bits per heavy atom. The van der Waals surface area contributed by atoms with Crippen LogP contribution in [0.2, 0.25) is 0 Å². The molecule has 10 heteroatoms. The first-order valence-corrected chi connectivity index (χ1v) is 11.7. The first-order chi connectivity index (χ1) is 16.1. The predicted molar refractivity (Wildman–Crippen MR) is 120 cm³/mol. The summed E-state index contributed by atoms with van der Waals surface area (Å²) >= 11 is 0. The Morgan fingerprint density at radius 2 is 1.94 bits per heavy atom. The lowest BCUT2D eigenvalue weighted by Crippen LogP contribution is -2.39. The highest BCUT2D eigenvalue weighted by Gasteiger charge is 2.42. The molecule has 34 heavy (non-hydrogen) atoms. The van der Waals surface area contributed by atoms with E-state index in [2.05, 4.69) is 16.9 Å². The number of carbonyl (C=O) groups is 1. The fraction of sp³-hybridized carbons (Fsp3) is 0.542. The minimum atomic E-state index is -4.74. The molecular formula is C24H28F3N5O2. The number of rotatable bonds is 3. The summed E-state index contributed by atoms with van der Waals surface area (Å²) in [7, 11) is 0. The van der Waals surface area contributed by atoms with Crippen LogP contribution in [0.3, 0.4) is 0 Å². The van der Waals surface area contributed by atoms with Gasteiger partial charge in [0.25, 0.3) is 5.91 Å². The molecule has 0 radical (unpaired) electrons. The first kappa shape index (κ1) is 22.7. The van der Waals surface area contributed by atoms with Crippen molar-refractivity contribution in [2.24, 2.45) is 5.92 Å². The van der Waals surface area contributed by atoms with Gasteiger partial charge in [-0.15, -0.1) is 0 Å². The summed E-state index contributed by atoms with van der Waals surface area (Å²) in [5, 5.41) is 4.68. The van der Waals surface area contributed by atoms with Crippen LogP contribution in [0.5, 0.6) is 0 Å². The number of aryl methyl sites for hydroxylation is 2. The number of halogens is 3. The molecule has 3 aromatic heterocycles. The molecule has 0 bridgehead atoms. The number of fused-ring (bicyclic) bond motifs is 1. The van der Waals surface area contributed by atoms with Crippen molar-refractivity contribution in [3.8, 4) is 0 Å². The van der Waals surface area contributed by atoms with Gasteiger partial charge < -0.3 is 14.2 Å². The van der Waals surface area contributed by atoms with E-state index in [4.69, 9.17) is 9.40 Å². The van der Waals surface area contributed by atoms with E-state index >= 15 is 0 Å². The number of nitrogens with zero attached hydrogens (tertiary/aromatic N) is 5. The van der Waals surface area contributed by atoms with E-state index in [1.54, 1.807) is 4.52 Å². The largest absolute Gasteiger partial charge is 0.456 e. The second-order valence-electron chi connectivity index (χ2n) is 9.57. The third-order valence-corrected chi connectivity index (χ3v) is 6.80. The van der Waals surface area contributed by atoms with Crippen molar-refractivity contribution in [3.63, 3.8) is 0 Å². The monoisotopic (exact) mass is 475 g/mol. The lowest BCUT2D eigenvalue weighted by molar-refractivity contribution is -0.153. The quantitative estimate of drug-likeness (QED) is 0.523. The molecule has 2 saturated heterocycles. The summed E-state index contributed by atoms with van der Waals surface area (Å²) < 4.78 is 47.0. The van der Waals surface area contributed by atoms with Crippen molar-refractivity contribution in [3.05, 3.63) is 46.7 Å². The highest BCUT2D eigenvalue weighted by Crippen LogP contribution is 2.38. The first-order valence-electron chi connectivity index (χ1n) is 11.7. The average molecular weight is 476 g/mol. The second kappa shape index (κ2) is 8.32. The van der Waals surface area contributed by atoms with Gasteiger partial charge >= 0.3 is 6.18 Å². The maximum atomic E-state index is 13.5. The summed E-state index contributed by atoms with van der Waals surface area (Å²) in [5.74, 6) is -0.310. The molecule has 2 aliphatic rings. The predicted octanol–water partition coefficient (Wildman–Crippen LogP) is 5.17. The molecule has 2 fully saturated rings. The van der Waals surface area contributed by atoms with E-state index in [1.165, 1.54) is 17.9 Å². The number of likely N-dealkylation sites (tertiary alicyclic amines) is 1. The number of alkyl halides is 3. The molecule has 0 saturated carbocycles. The van der Waals surface area contributed by atoms with E-state index in [9.17, 15) is 18.0 Å². The van der Waals surface area contributed by atoms with Crippen LogP contribution in [0, 0.1) is 19.8 Å². The normalized spacial score (nSPS) is 21.6. The molecule has 0 N–H and O–H groups in total. The molecule has 0 aliphatic carbocycles. The van der Waals surface area contributed by atoms with Gasteiger partial charge in [0.1, 0.15) is 11.6 Å². The van der Waals surface area contributed by atoms with Crippen LogP contribution in [-0.4, -0.2) is 45.0 Å². The minimum Gasteiger partial charge on any atom is -0.456 e. The molecule has 1 amide bonds. The number of hydrogen-bond acceptors (Lipinski definition) is 5. The molecule has 3 aromatic rings. The van der Waals surface area contributed by atoms with Crippen LogP contribution in [0.4, 0.5) is 19.0 Å². The van der Waals surface area contributed by atoms with Crippen LogP contribution in [0.25, 0.3) is 5.65 Å². The number of furan rings is 1. The maximum absolute atomic E-state index is 13.5. The van der Waals surface area contributed by atoms with Crippen molar-refractivity contribution in [2.45, 2.75) is 58.7 Å². The molecule has 182 valence electrons. The van der Waals surface area contributed by atoms with Crippen LogP contribution in [-0.2, 0) is 6.18 Å². The Labute approximate surface area is 195 Å². The molecule has 2 atom stereocenters. The van der Waals surface area contributed by atoms with Gasteiger partial charge in [-0.2, -0.15) is 18.3 Å². The third-order valence-electron chi connectivity index (χ3n) is 6.80. The number of anilines is 1. The lowest BCUT2D eigenvalue weighted by atomic mass is 9.98. The van der Waals surface area contributed by atoms with Crippen LogP contribution < -0.4 is 4.90 Å². The number of hydrogen-bond donors (Lipinski definition) is 0. The fourth-order valence-corrected chi connectivity index (χ4v) is 5.15. The van der Waals surface area contributed by atoms with Crippen molar-refractivity contribution < 1.29 is 22.4 Å². The summed E-state index contributed by atoms with van der Waals surface area (Å²) in [6, 6.07) is 2.61. The molecule has 0 aromatic carbocycles. The Morgan fingerprint density at radius 3 is 2.65 bits per heavy atom. The zero-order chi connectivity index (χ0) is 24.2. The molecule has 7 nitrogen and oxygen atoms in total. The Bertz CT molecular complexity index is 1230. The zero-order valence-corrected chi connectivity index (χ0v) is 19.5. The van der Waals surface area contributed by atoms with Gasteiger partial charge in [0.15, 0.2) is 5.65 Å². The number of aromatic nitrogens is 3. The summed E-state index contributed by atoms with van der Waals surface area (Å²) in [4.78, 5) is 21.9. The topological polar surface area (TPSA) is 66.9 Å². The van der Waals surface area contributed by atoms with Gasteiger partial charge in [-0.3, -0.25) is 4.79 Å². The summed E-state index contributed by atoms with van der Waals surface area (Å²) in [6.07, 6.45) is 0.538. The SMILES string of the molecule is Cc1cc(C(=O)N2CCCC[C@H]2c2cc3nc(N4CC[C@H](C)C4)c(C)cn3n2)c(C(F)(F)F)o1. The number of amides is 1. The smallest absolute Gasteiger partial charge is 0.450 e. The lowest BCUT2D eigenvalue weighted by Gasteiger charge is -2.34. The maximum Gasteiger partial charge on any atom is 0.450 e. The van der Waals surface area contributed by atoms with E-state index in [0.717, 1.165) is 43.7 Å². The average Bonchev–Trinajstić information content (AvgIpc) is 3.50. The van der Waals surface area contributed by atoms with E-state index < -0.39 is 29.4 Å². The molecular weight excluding hydrogens is 447 g/mol. The second-order valence-corrected chi connectivity index (χ2v) is 9.57. The van der Waals surface area contributed by atoms with Crippen molar-refractivity contribution >= 4 is 17.4 Å². The van der Waals surface area contributed by atoms with E-state index in [1.807, 2.05) is 19.2 Å². The van der Waals surface area contributed by atoms with Gasteiger partial charge in [-0.05, 0) is 51.5 Å². The summed E-state index contributed by atoms with van der Waals surface area (Å²) in [5.41, 5.74) is 1.88. The summed E-state index contributed by atoms with van der Waals surface area (Å²) in [6.45, 7) is 7.93. The van der Waals surface area contributed by atoms with E-state index in [-0.39, 0.29) is 5.76 Å². The molecule has 5 heterocycles. The van der Waals surface area contributed by atoms with Gasteiger partial charge in [0, 0.05) is 37.5 Å². The van der Waals surface area contributed by atoms with Crippen LogP contribution >= 0.6 is 0 Å². The Hall–Kier alpha value is -3.04. The number of carbonyl (C=O) groups excluding carboxylic acids is 1. The Balaban J connectivity index is 1.48. The molecule has 0 spiro atoms. The van der Waals surface area contributed by atoms with Gasteiger partial charge in [-0.1, -0.05) is 6.92 Å². The van der Waals surface area contributed by atoms with Crippen LogP contribution in [0.1, 0.15) is 71.8 Å². The van der Waals surface area contributed by atoms with E-state index in [0.29, 0.717) is 30.2 Å². The highest BCUT2D eigenvalue weighted by atomic mass is 19.4. The number of piperidine rings is 1. The van der Waals surface area contributed by atoms with Crippen molar-refractivity contribution in [2.75, 3.05) is 24.5 Å². The third kappa shape index (κ3) is 4.03. The van der Waals surface area contributed by atoms with Gasteiger partial charge in [0.2, 0.25) is 5.76 Å². The van der Waals surface area contributed by atoms with Crippen LogP contribution in [0.15, 0.2) is 22.7 Å².